The maximum absolute atomic E-state index is 11.4. The molecule has 25 heavy (non-hydrogen) atoms. The summed E-state index contributed by atoms with van der Waals surface area (Å²) < 4.78 is 31.1. The van der Waals surface area contributed by atoms with Crippen LogP contribution in [-0.2, 0) is 16.6 Å². The molecule has 0 radical (unpaired) electrons. The minimum Gasteiger partial charge on any atom is -0.488 e. The second-order valence-corrected chi connectivity index (χ2v) is 7.94. The van der Waals surface area contributed by atoms with Gasteiger partial charge in [0.25, 0.3) is 0 Å². The zero-order valence-electron chi connectivity index (χ0n) is 13.2. The summed E-state index contributed by atoms with van der Waals surface area (Å²) in [4.78, 5) is 4.08. The summed E-state index contributed by atoms with van der Waals surface area (Å²) in [6.45, 7) is 0.0956. The number of sulfonamides is 1. The van der Waals surface area contributed by atoms with E-state index in [0.29, 0.717) is 16.3 Å². The fourth-order valence-electron chi connectivity index (χ4n) is 2.38. The molecule has 2 aromatic carbocycles. The van der Waals surface area contributed by atoms with Gasteiger partial charge in [-0.05, 0) is 24.3 Å². The monoisotopic (exact) mass is 396 g/mol. The summed E-state index contributed by atoms with van der Waals surface area (Å²) in [6, 6.07) is 10.6. The van der Waals surface area contributed by atoms with Crippen molar-refractivity contribution in [3.63, 3.8) is 0 Å². The third kappa shape index (κ3) is 4.15. The molecule has 0 bridgehead atoms. The van der Waals surface area contributed by atoms with Gasteiger partial charge in [-0.1, -0.05) is 35.3 Å². The Morgan fingerprint density at radius 1 is 1.16 bits per heavy atom. The highest BCUT2D eigenvalue weighted by Gasteiger charge is 2.14. The maximum atomic E-state index is 11.4. The fourth-order valence-corrected chi connectivity index (χ4v) is 3.53. The number of hydrogen-bond donors (Lipinski definition) is 1. The van der Waals surface area contributed by atoms with E-state index in [1.807, 2.05) is 24.3 Å². The molecule has 1 aromatic heterocycles. The molecular formula is C17H14Cl2N2O3S. The standard InChI is InChI=1S/C17H14Cl2N2O3S/c1-25(22,23)21-15-6-5-14(18)13(17(15)19)10-24-16-4-2-3-11-9-20-8-7-12(11)16/h2-9,21H,10H2,1H3. The van der Waals surface area contributed by atoms with Crippen LogP contribution >= 0.6 is 23.2 Å². The molecule has 0 spiro atoms. The number of pyridine rings is 1. The Balaban J connectivity index is 1.91. The lowest BCUT2D eigenvalue weighted by atomic mass is 10.1. The van der Waals surface area contributed by atoms with Gasteiger partial charge in [-0.3, -0.25) is 9.71 Å². The predicted octanol–water partition coefficient (Wildman–Crippen LogP) is 4.49. The van der Waals surface area contributed by atoms with E-state index in [9.17, 15) is 8.42 Å². The van der Waals surface area contributed by atoms with Gasteiger partial charge in [0.2, 0.25) is 10.0 Å². The van der Waals surface area contributed by atoms with Gasteiger partial charge in [0.15, 0.2) is 0 Å². The van der Waals surface area contributed by atoms with Crippen LogP contribution in [0.1, 0.15) is 5.56 Å². The SMILES string of the molecule is CS(=O)(=O)Nc1ccc(Cl)c(COc2cccc3cnccc23)c1Cl. The van der Waals surface area contributed by atoms with Crippen molar-refractivity contribution in [2.24, 2.45) is 0 Å². The highest BCUT2D eigenvalue weighted by molar-refractivity contribution is 7.92. The molecule has 0 atom stereocenters. The van der Waals surface area contributed by atoms with Crippen LogP contribution in [0.5, 0.6) is 5.75 Å². The number of aromatic nitrogens is 1. The number of hydrogen-bond acceptors (Lipinski definition) is 4. The van der Waals surface area contributed by atoms with Crippen LogP contribution < -0.4 is 9.46 Å². The molecule has 5 nitrogen and oxygen atoms in total. The van der Waals surface area contributed by atoms with Crippen molar-refractivity contribution in [2.75, 3.05) is 11.0 Å². The Kier molecular flexibility index (Phi) is 5.03. The van der Waals surface area contributed by atoms with Crippen molar-refractivity contribution in [3.8, 4) is 5.75 Å². The van der Waals surface area contributed by atoms with Gasteiger partial charge >= 0.3 is 0 Å². The average Bonchev–Trinajstić information content (AvgIpc) is 2.56. The van der Waals surface area contributed by atoms with E-state index in [0.717, 1.165) is 17.0 Å². The molecule has 0 saturated heterocycles. The molecule has 1 heterocycles. The highest BCUT2D eigenvalue weighted by Crippen LogP contribution is 2.34. The summed E-state index contributed by atoms with van der Waals surface area (Å²) in [6.07, 6.45) is 4.49. The Labute approximate surface area is 155 Å². The van der Waals surface area contributed by atoms with E-state index < -0.39 is 10.0 Å². The smallest absolute Gasteiger partial charge is 0.229 e. The van der Waals surface area contributed by atoms with E-state index >= 15 is 0 Å². The first kappa shape index (κ1) is 17.8. The van der Waals surface area contributed by atoms with E-state index in [1.54, 1.807) is 18.5 Å². The van der Waals surface area contributed by atoms with Crippen LogP contribution in [0, 0.1) is 0 Å². The summed E-state index contributed by atoms with van der Waals surface area (Å²) in [5, 5.41) is 2.46. The normalized spacial score (nSPS) is 11.5. The number of rotatable bonds is 5. The van der Waals surface area contributed by atoms with Crippen molar-refractivity contribution in [1.29, 1.82) is 0 Å². The first-order valence-corrected chi connectivity index (χ1v) is 9.90. The number of nitrogens with one attached hydrogen (secondary N) is 1. The van der Waals surface area contributed by atoms with Crippen LogP contribution in [0.2, 0.25) is 10.0 Å². The molecular weight excluding hydrogens is 383 g/mol. The van der Waals surface area contributed by atoms with Crippen molar-refractivity contribution in [1.82, 2.24) is 4.98 Å². The lowest BCUT2D eigenvalue weighted by Gasteiger charge is -2.14. The molecule has 0 aliphatic carbocycles. The Morgan fingerprint density at radius 2 is 1.96 bits per heavy atom. The molecule has 0 saturated carbocycles. The highest BCUT2D eigenvalue weighted by atomic mass is 35.5. The third-order valence-electron chi connectivity index (χ3n) is 3.49. The molecule has 0 aliphatic rings. The summed E-state index contributed by atoms with van der Waals surface area (Å²) >= 11 is 12.5. The lowest BCUT2D eigenvalue weighted by Crippen LogP contribution is -2.11. The summed E-state index contributed by atoms with van der Waals surface area (Å²) in [5.41, 5.74) is 0.761. The molecule has 0 aliphatic heterocycles. The van der Waals surface area contributed by atoms with Gasteiger partial charge < -0.3 is 4.74 Å². The van der Waals surface area contributed by atoms with Gasteiger partial charge in [0.1, 0.15) is 12.4 Å². The van der Waals surface area contributed by atoms with E-state index in [4.69, 9.17) is 27.9 Å². The molecule has 0 amide bonds. The number of fused-ring (bicyclic) bond motifs is 1. The fraction of sp³-hybridized carbons (Fsp3) is 0.118. The molecule has 130 valence electrons. The van der Waals surface area contributed by atoms with Gasteiger partial charge in [-0.15, -0.1) is 0 Å². The molecule has 3 rings (SSSR count). The minimum atomic E-state index is -3.45. The van der Waals surface area contributed by atoms with Crippen LogP contribution in [-0.4, -0.2) is 19.7 Å². The van der Waals surface area contributed by atoms with Crippen LogP contribution in [0.25, 0.3) is 10.8 Å². The number of anilines is 1. The van der Waals surface area contributed by atoms with Crippen LogP contribution in [0.15, 0.2) is 48.8 Å². The Hall–Kier alpha value is -2.02. The van der Waals surface area contributed by atoms with Gasteiger partial charge in [-0.2, -0.15) is 0 Å². The number of benzene rings is 2. The molecule has 0 unspecified atom stereocenters. The van der Waals surface area contributed by atoms with Crippen molar-refractivity contribution in [2.45, 2.75) is 6.61 Å². The minimum absolute atomic E-state index is 0.0956. The topological polar surface area (TPSA) is 68.3 Å². The van der Waals surface area contributed by atoms with Gasteiger partial charge in [0.05, 0.1) is 17.0 Å². The molecule has 1 N–H and O–H groups in total. The first-order chi connectivity index (χ1) is 11.8. The Bertz CT molecular complexity index is 1030. The Morgan fingerprint density at radius 3 is 2.72 bits per heavy atom. The van der Waals surface area contributed by atoms with E-state index in [-0.39, 0.29) is 17.3 Å². The molecule has 8 heteroatoms. The van der Waals surface area contributed by atoms with Crippen molar-refractivity contribution < 1.29 is 13.2 Å². The quantitative estimate of drug-likeness (QED) is 0.689. The predicted molar refractivity (Wildman–Crippen MR) is 101 cm³/mol. The second-order valence-electron chi connectivity index (χ2n) is 5.40. The van der Waals surface area contributed by atoms with Crippen molar-refractivity contribution in [3.05, 3.63) is 64.4 Å². The van der Waals surface area contributed by atoms with Crippen LogP contribution in [0.4, 0.5) is 5.69 Å². The van der Waals surface area contributed by atoms with E-state index in [2.05, 4.69) is 9.71 Å². The molecule has 3 aromatic rings. The summed E-state index contributed by atoms with van der Waals surface area (Å²) in [7, 11) is -3.45. The second kappa shape index (κ2) is 7.07. The van der Waals surface area contributed by atoms with Crippen LogP contribution in [0.3, 0.4) is 0 Å². The van der Waals surface area contributed by atoms with E-state index in [1.165, 1.54) is 6.07 Å². The van der Waals surface area contributed by atoms with Gasteiger partial charge in [-0.25, -0.2) is 8.42 Å². The average molecular weight is 397 g/mol. The zero-order valence-corrected chi connectivity index (χ0v) is 15.5. The number of halogens is 2. The van der Waals surface area contributed by atoms with Crippen molar-refractivity contribution >= 4 is 49.7 Å². The lowest BCUT2D eigenvalue weighted by molar-refractivity contribution is 0.310. The number of ether oxygens (including phenoxy) is 1. The largest absolute Gasteiger partial charge is 0.488 e. The maximum Gasteiger partial charge on any atom is 0.229 e. The zero-order chi connectivity index (χ0) is 18.0. The summed E-state index contributed by atoms with van der Waals surface area (Å²) in [5.74, 6) is 0.661. The molecule has 0 fully saturated rings. The first-order valence-electron chi connectivity index (χ1n) is 7.25. The third-order valence-corrected chi connectivity index (χ3v) is 4.87. The van der Waals surface area contributed by atoms with Gasteiger partial charge in [0, 0.05) is 33.8 Å². The number of nitrogens with zero attached hydrogens (tertiary/aromatic N) is 1.